The topological polar surface area (TPSA) is 72.7 Å². The summed E-state index contributed by atoms with van der Waals surface area (Å²) in [5.74, 6) is 1.53. The first-order chi connectivity index (χ1) is 12.9. The summed E-state index contributed by atoms with van der Waals surface area (Å²) in [5.41, 5.74) is 3.19. The van der Waals surface area contributed by atoms with Gasteiger partial charge in [-0.25, -0.2) is 9.67 Å². The standard InChI is InChI=1S/C20H25N5OS/c1-13-6-5-8-21-20(13)18(11-17-7-9-27-12-17)23-19(26)10-14(2)25-16(4)22-15(3)24-25/h5-9,12,14,18H,10-11H2,1-4H3,(H,23,26)/t14-,18-/m0/s1. The maximum Gasteiger partial charge on any atom is 0.222 e. The average Bonchev–Trinajstić information content (AvgIpc) is 3.24. The van der Waals surface area contributed by atoms with E-state index in [2.05, 4.69) is 37.2 Å². The summed E-state index contributed by atoms with van der Waals surface area (Å²) >= 11 is 1.66. The third kappa shape index (κ3) is 4.80. The van der Waals surface area contributed by atoms with Crippen LogP contribution in [0.1, 0.15) is 53.9 Å². The highest BCUT2D eigenvalue weighted by atomic mass is 32.1. The fourth-order valence-corrected chi connectivity index (χ4v) is 3.97. The largest absolute Gasteiger partial charge is 0.347 e. The van der Waals surface area contributed by atoms with Crippen LogP contribution in [0.2, 0.25) is 0 Å². The van der Waals surface area contributed by atoms with Crippen LogP contribution in [-0.2, 0) is 11.2 Å². The molecule has 0 unspecified atom stereocenters. The van der Waals surface area contributed by atoms with E-state index in [9.17, 15) is 4.79 Å². The van der Waals surface area contributed by atoms with Crippen LogP contribution >= 0.6 is 11.3 Å². The summed E-state index contributed by atoms with van der Waals surface area (Å²) in [6.45, 7) is 7.78. The van der Waals surface area contributed by atoms with Crippen LogP contribution in [0.4, 0.5) is 0 Å². The Morgan fingerprint density at radius 3 is 2.74 bits per heavy atom. The second kappa shape index (κ2) is 8.43. The molecule has 3 rings (SSSR count). The van der Waals surface area contributed by atoms with Crippen molar-refractivity contribution in [2.75, 3.05) is 0 Å². The molecule has 0 fully saturated rings. The zero-order chi connectivity index (χ0) is 19.4. The minimum absolute atomic E-state index is 0.0136. The summed E-state index contributed by atoms with van der Waals surface area (Å²) in [7, 11) is 0. The van der Waals surface area contributed by atoms with Gasteiger partial charge in [0.1, 0.15) is 11.6 Å². The summed E-state index contributed by atoms with van der Waals surface area (Å²) in [6.07, 6.45) is 2.85. The lowest BCUT2D eigenvalue weighted by Crippen LogP contribution is -2.32. The number of nitrogens with one attached hydrogen (secondary N) is 1. The average molecular weight is 384 g/mol. The number of thiophene rings is 1. The molecule has 27 heavy (non-hydrogen) atoms. The van der Waals surface area contributed by atoms with Crippen molar-refractivity contribution >= 4 is 17.2 Å². The smallest absolute Gasteiger partial charge is 0.222 e. The maximum atomic E-state index is 12.8. The maximum absolute atomic E-state index is 12.8. The van der Waals surface area contributed by atoms with E-state index < -0.39 is 0 Å². The molecule has 0 radical (unpaired) electrons. The lowest BCUT2D eigenvalue weighted by Gasteiger charge is -2.21. The van der Waals surface area contributed by atoms with Crippen LogP contribution in [0.5, 0.6) is 0 Å². The summed E-state index contributed by atoms with van der Waals surface area (Å²) in [4.78, 5) is 21.6. The van der Waals surface area contributed by atoms with Crippen LogP contribution in [-0.4, -0.2) is 25.7 Å². The molecule has 6 nitrogen and oxygen atoms in total. The highest BCUT2D eigenvalue weighted by molar-refractivity contribution is 7.07. The first kappa shape index (κ1) is 19.2. The molecule has 0 aliphatic heterocycles. The van der Waals surface area contributed by atoms with E-state index in [0.717, 1.165) is 29.3 Å². The van der Waals surface area contributed by atoms with Gasteiger partial charge < -0.3 is 5.32 Å². The van der Waals surface area contributed by atoms with Gasteiger partial charge in [-0.3, -0.25) is 9.78 Å². The molecule has 3 aromatic heterocycles. The lowest BCUT2D eigenvalue weighted by atomic mass is 10.0. The number of carbonyl (C=O) groups excluding carboxylic acids is 1. The molecular formula is C20H25N5OS. The Labute approximate surface area is 163 Å². The normalized spacial score (nSPS) is 13.3. The molecule has 0 spiro atoms. The van der Waals surface area contributed by atoms with Gasteiger partial charge in [-0.2, -0.15) is 16.4 Å². The van der Waals surface area contributed by atoms with Gasteiger partial charge in [-0.1, -0.05) is 6.07 Å². The van der Waals surface area contributed by atoms with Crippen molar-refractivity contribution in [2.45, 2.75) is 52.6 Å². The highest BCUT2D eigenvalue weighted by Crippen LogP contribution is 2.22. The molecule has 3 aromatic rings. The molecule has 0 aromatic carbocycles. The van der Waals surface area contributed by atoms with E-state index in [1.807, 2.05) is 44.5 Å². The minimum atomic E-state index is -0.154. The fraction of sp³-hybridized carbons (Fsp3) is 0.400. The van der Waals surface area contributed by atoms with Crippen molar-refractivity contribution in [3.63, 3.8) is 0 Å². The van der Waals surface area contributed by atoms with Crippen molar-refractivity contribution in [2.24, 2.45) is 0 Å². The Kier molecular flexibility index (Phi) is 6.01. The Morgan fingerprint density at radius 1 is 1.30 bits per heavy atom. The molecule has 0 bridgehead atoms. The van der Waals surface area contributed by atoms with Gasteiger partial charge in [0.2, 0.25) is 5.91 Å². The van der Waals surface area contributed by atoms with Crippen LogP contribution in [0.3, 0.4) is 0 Å². The number of amides is 1. The van der Waals surface area contributed by atoms with Crippen LogP contribution in [0.15, 0.2) is 35.2 Å². The quantitative estimate of drug-likeness (QED) is 0.675. The summed E-state index contributed by atoms with van der Waals surface area (Å²) in [6, 6.07) is 5.82. The molecule has 0 saturated carbocycles. The van der Waals surface area contributed by atoms with Crippen LogP contribution in [0.25, 0.3) is 0 Å². The van der Waals surface area contributed by atoms with Crippen molar-refractivity contribution in [3.05, 3.63) is 63.6 Å². The molecule has 0 aliphatic rings. The lowest BCUT2D eigenvalue weighted by molar-refractivity contribution is -0.122. The fourth-order valence-electron chi connectivity index (χ4n) is 3.28. The SMILES string of the molecule is Cc1nc(C)n([C@@H](C)CC(=O)N[C@@H](Cc2ccsc2)c2ncccc2C)n1. The van der Waals surface area contributed by atoms with Gasteiger partial charge in [0.15, 0.2) is 0 Å². The van der Waals surface area contributed by atoms with Crippen molar-refractivity contribution < 1.29 is 4.79 Å². The van der Waals surface area contributed by atoms with Crippen molar-refractivity contribution in [1.29, 1.82) is 0 Å². The van der Waals surface area contributed by atoms with Gasteiger partial charge in [-0.05, 0) is 68.1 Å². The van der Waals surface area contributed by atoms with Crippen molar-refractivity contribution in [3.8, 4) is 0 Å². The molecule has 142 valence electrons. The zero-order valence-electron chi connectivity index (χ0n) is 16.1. The van der Waals surface area contributed by atoms with Crippen molar-refractivity contribution in [1.82, 2.24) is 25.1 Å². The van der Waals surface area contributed by atoms with E-state index in [4.69, 9.17) is 0 Å². The molecule has 7 heteroatoms. The number of carbonyl (C=O) groups is 1. The Hall–Kier alpha value is -2.54. The van der Waals surface area contributed by atoms with Crippen LogP contribution < -0.4 is 5.32 Å². The second-order valence-electron chi connectivity index (χ2n) is 6.87. The van der Waals surface area contributed by atoms with E-state index in [-0.39, 0.29) is 18.0 Å². The van der Waals surface area contributed by atoms with E-state index in [1.54, 1.807) is 17.5 Å². The monoisotopic (exact) mass is 383 g/mol. The molecule has 0 aliphatic carbocycles. The summed E-state index contributed by atoms with van der Waals surface area (Å²) < 4.78 is 1.81. The number of hydrogen-bond donors (Lipinski definition) is 1. The highest BCUT2D eigenvalue weighted by Gasteiger charge is 2.21. The van der Waals surface area contributed by atoms with E-state index >= 15 is 0 Å². The van der Waals surface area contributed by atoms with Gasteiger partial charge in [0.05, 0.1) is 17.8 Å². The summed E-state index contributed by atoms with van der Waals surface area (Å²) in [5, 5.41) is 11.7. The number of pyridine rings is 1. The predicted octanol–water partition coefficient (Wildman–Crippen LogP) is 3.71. The number of nitrogens with zero attached hydrogens (tertiary/aromatic N) is 4. The molecule has 0 saturated heterocycles. The van der Waals surface area contributed by atoms with Gasteiger partial charge in [0, 0.05) is 12.6 Å². The number of aromatic nitrogens is 4. The third-order valence-electron chi connectivity index (χ3n) is 4.54. The molecule has 2 atom stereocenters. The van der Waals surface area contributed by atoms with E-state index in [0.29, 0.717) is 6.42 Å². The number of hydrogen-bond acceptors (Lipinski definition) is 5. The molecule has 3 heterocycles. The molecule has 1 N–H and O–H groups in total. The van der Waals surface area contributed by atoms with Crippen LogP contribution in [0, 0.1) is 20.8 Å². The van der Waals surface area contributed by atoms with Gasteiger partial charge >= 0.3 is 0 Å². The Morgan fingerprint density at radius 2 is 2.11 bits per heavy atom. The zero-order valence-corrected chi connectivity index (χ0v) is 17.0. The predicted molar refractivity (Wildman–Crippen MR) is 107 cm³/mol. The molecular weight excluding hydrogens is 358 g/mol. The van der Waals surface area contributed by atoms with Gasteiger partial charge in [-0.15, -0.1) is 0 Å². The third-order valence-corrected chi connectivity index (χ3v) is 5.27. The Balaban J connectivity index is 1.74. The Bertz CT molecular complexity index is 903. The molecule has 1 amide bonds. The van der Waals surface area contributed by atoms with Gasteiger partial charge in [0.25, 0.3) is 0 Å². The second-order valence-corrected chi connectivity index (χ2v) is 7.65. The first-order valence-electron chi connectivity index (χ1n) is 9.05. The minimum Gasteiger partial charge on any atom is -0.347 e. The number of rotatable bonds is 7. The number of aryl methyl sites for hydroxylation is 3. The van der Waals surface area contributed by atoms with E-state index in [1.165, 1.54) is 5.56 Å². The first-order valence-corrected chi connectivity index (χ1v) is 10.00.